The Labute approximate surface area is 137 Å². The zero-order valence-corrected chi connectivity index (χ0v) is 15.2. The fraction of sp³-hybridized carbons (Fsp3) is 0.647. The van der Waals surface area contributed by atoms with E-state index in [1.165, 1.54) is 33.9 Å². The fourth-order valence-electron chi connectivity index (χ4n) is 2.92. The second-order valence-corrected chi connectivity index (χ2v) is 8.11. The van der Waals surface area contributed by atoms with Crippen LogP contribution in [0.5, 0.6) is 5.75 Å². The van der Waals surface area contributed by atoms with Crippen molar-refractivity contribution < 1.29 is 4.74 Å². The summed E-state index contributed by atoms with van der Waals surface area (Å²) in [6.45, 7) is 7.64. The highest BCUT2D eigenvalue weighted by Gasteiger charge is 2.29. The first-order valence-electron chi connectivity index (χ1n) is 7.75. The summed E-state index contributed by atoms with van der Waals surface area (Å²) < 4.78 is 5.70. The summed E-state index contributed by atoms with van der Waals surface area (Å²) >= 11 is 4.19. The van der Waals surface area contributed by atoms with Gasteiger partial charge >= 0.3 is 0 Å². The van der Waals surface area contributed by atoms with E-state index in [1.807, 2.05) is 0 Å². The maximum Gasteiger partial charge on any atom is 0.124 e. The summed E-state index contributed by atoms with van der Waals surface area (Å²) in [4.78, 5) is 0. The number of hydrogen-bond donors (Lipinski definition) is 1. The maximum atomic E-state index is 5.70. The van der Waals surface area contributed by atoms with Gasteiger partial charge in [-0.15, -0.1) is 0 Å². The second kappa shape index (κ2) is 8.35. The van der Waals surface area contributed by atoms with Crippen LogP contribution >= 0.6 is 23.5 Å². The number of hydrogen-bond acceptors (Lipinski definition) is 4. The summed E-state index contributed by atoms with van der Waals surface area (Å²) in [6.07, 6.45) is 1.16. The molecule has 1 heterocycles. The van der Waals surface area contributed by atoms with Gasteiger partial charge in [0.05, 0.1) is 7.11 Å². The van der Waals surface area contributed by atoms with Gasteiger partial charge in [-0.1, -0.05) is 13.0 Å². The van der Waals surface area contributed by atoms with Crippen LogP contribution in [0.3, 0.4) is 0 Å². The number of methoxy groups -OCH3 is 1. The summed E-state index contributed by atoms with van der Waals surface area (Å²) in [5.74, 6) is 4.80. The normalized spacial score (nSPS) is 20.3. The molecule has 1 aliphatic rings. The van der Waals surface area contributed by atoms with Crippen LogP contribution in [0.15, 0.2) is 12.1 Å². The Morgan fingerprint density at radius 2 is 2.14 bits per heavy atom. The molecular formula is C17H27NOS2. The minimum absolute atomic E-state index is 0.387. The Kier molecular flexibility index (Phi) is 6.77. The third kappa shape index (κ3) is 4.33. The molecule has 2 atom stereocenters. The van der Waals surface area contributed by atoms with Crippen LogP contribution in [0.4, 0.5) is 0 Å². The average Bonchev–Trinajstić information content (AvgIpc) is 2.49. The van der Waals surface area contributed by atoms with Crippen molar-refractivity contribution in [3.8, 4) is 5.75 Å². The van der Waals surface area contributed by atoms with Gasteiger partial charge in [0.1, 0.15) is 5.75 Å². The van der Waals surface area contributed by atoms with Gasteiger partial charge in [0, 0.05) is 34.1 Å². The minimum Gasteiger partial charge on any atom is -0.496 e. The molecule has 2 nitrogen and oxygen atoms in total. The largest absolute Gasteiger partial charge is 0.496 e. The molecule has 0 amide bonds. The van der Waals surface area contributed by atoms with Gasteiger partial charge in [-0.2, -0.15) is 23.5 Å². The van der Waals surface area contributed by atoms with Gasteiger partial charge in [0.2, 0.25) is 0 Å². The molecule has 0 spiro atoms. The predicted octanol–water partition coefficient (Wildman–Crippen LogP) is 4.20. The van der Waals surface area contributed by atoms with E-state index in [9.17, 15) is 0 Å². The molecule has 4 heteroatoms. The molecule has 1 N–H and O–H groups in total. The lowest BCUT2D eigenvalue weighted by molar-refractivity contribution is 0.397. The van der Waals surface area contributed by atoms with E-state index < -0.39 is 0 Å². The third-order valence-electron chi connectivity index (χ3n) is 3.85. The molecular weight excluding hydrogens is 298 g/mol. The first kappa shape index (κ1) is 17.0. The molecule has 118 valence electrons. The predicted molar refractivity (Wildman–Crippen MR) is 97.1 cm³/mol. The Bertz CT molecular complexity index is 458. The van der Waals surface area contributed by atoms with Crippen molar-refractivity contribution in [2.24, 2.45) is 0 Å². The monoisotopic (exact) mass is 325 g/mol. The SMILES string of the molecule is CCCNC(c1c(C)cc(C)cc1OC)C1CSCCS1. The van der Waals surface area contributed by atoms with Crippen LogP contribution in [0.25, 0.3) is 0 Å². The van der Waals surface area contributed by atoms with Crippen LogP contribution in [-0.2, 0) is 0 Å². The highest BCUT2D eigenvalue weighted by molar-refractivity contribution is 8.06. The second-order valence-electron chi connectivity index (χ2n) is 5.61. The number of aryl methyl sites for hydroxylation is 2. The molecule has 1 saturated heterocycles. The lowest BCUT2D eigenvalue weighted by Crippen LogP contribution is -2.35. The smallest absolute Gasteiger partial charge is 0.124 e. The number of nitrogens with one attached hydrogen (secondary N) is 1. The third-order valence-corrected chi connectivity index (χ3v) is 6.72. The number of ether oxygens (including phenoxy) is 1. The summed E-state index contributed by atoms with van der Waals surface area (Å²) in [6, 6.07) is 4.83. The lowest BCUT2D eigenvalue weighted by Gasteiger charge is -2.32. The molecule has 0 saturated carbocycles. The van der Waals surface area contributed by atoms with E-state index in [0.29, 0.717) is 11.3 Å². The first-order valence-corrected chi connectivity index (χ1v) is 9.95. The highest BCUT2D eigenvalue weighted by Crippen LogP contribution is 2.39. The minimum atomic E-state index is 0.387. The quantitative estimate of drug-likeness (QED) is 0.846. The molecule has 2 unspecified atom stereocenters. The molecule has 1 aliphatic heterocycles. The van der Waals surface area contributed by atoms with Gasteiger partial charge < -0.3 is 10.1 Å². The number of rotatable bonds is 6. The van der Waals surface area contributed by atoms with E-state index in [-0.39, 0.29) is 0 Å². The molecule has 1 fully saturated rings. The van der Waals surface area contributed by atoms with Gasteiger partial charge in [-0.25, -0.2) is 0 Å². The lowest BCUT2D eigenvalue weighted by atomic mass is 9.95. The van der Waals surface area contributed by atoms with Crippen LogP contribution in [-0.4, -0.2) is 36.2 Å². The molecule has 0 bridgehead atoms. The van der Waals surface area contributed by atoms with Gasteiger partial charge in [0.15, 0.2) is 0 Å². The molecule has 2 rings (SSSR count). The Morgan fingerprint density at radius 1 is 1.33 bits per heavy atom. The van der Waals surface area contributed by atoms with E-state index in [1.54, 1.807) is 7.11 Å². The van der Waals surface area contributed by atoms with Crippen LogP contribution in [0.2, 0.25) is 0 Å². The van der Waals surface area contributed by atoms with E-state index >= 15 is 0 Å². The molecule has 21 heavy (non-hydrogen) atoms. The molecule has 0 aliphatic carbocycles. The standard InChI is InChI=1S/C17H27NOS2/c1-5-6-18-17(15-11-20-7-8-21-15)16-13(3)9-12(2)10-14(16)19-4/h9-10,15,17-18H,5-8,11H2,1-4H3. The van der Waals surface area contributed by atoms with E-state index in [0.717, 1.165) is 18.7 Å². The number of benzene rings is 1. The molecule has 1 aromatic rings. The topological polar surface area (TPSA) is 21.3 Å². The Balaban J connectivity index is 2.34. The van der Waals surface area contributed by atoms with Gasteiger partial charge in [-0.3, -0.25) is 0 Å². The van der Waals surface area contributed by atoms with E-state index in [2.05, 4.69) is 61.7 Å². The zero-order valence-electron chi connectivity index (χ0n) is 13.6. The van der Waals surface area contributed by atoms with Crippen molar-refractivity contribution in [2.45, 2.75) is 38.5 Å². The fourth-order valence-corrected chi connectivity index (χ4v) is 5.77. The van der Waals surface area contributed by atoms with Crippen molar-refractivity contribution in [3.63, 3.8) is 0 Å². The van der Waals surface area contributed by atoms with Crippen molar-refractivity contribution in [1.82, 2.24) is 5.32 Å². The number of thioether (sulfide) groups is 2. The highest BCUT2D eigenvalue weighted by atomic mass is 32.2. The van der Waals surface area contributed by atoms with Crippen molar-refractivity contribution >= 4 is 23.5 Å². The van der Waals surface area contributed by atoms with Gasteiger partial charge in [0.25, 0.3) is 0 Å². The van der Waals surface area contributed by atoms with Crippen molar-refractivity contribution in [1.29, 1.82) is 0 Å². The van der Waals surface area contributed by atoms with Gasteiger partial charge in [-0.05, 0) is 44.0 Å². The zero-order chi connectivity index (χ0) is 15.2. The first-order chi connectivity index (χ1) is 10.2. The Morgan fingerprint density at radius 3 is 2.76 bits per heavy atom. The summed E-state index contributed by atoms with van der Waals surface area (Å²) in [5.41, 5.74) is 3.97. The van der Waals surface area contributed by atoms with Crippen molar-refractivity contribution in [3.05, 3.63) is 28.8 Å². The Hall–Kier alpha value is -0.320. The molecule has 1 aromatic carbocycles. The molecule has 0 radical (unpaired) electrons. The average molecular weight is 326 g/mol. The van der Waals surface area contributed by atoms with Crippen molar-refractivity contribution in [2.75, 3.05) is 30.9 Å². The molecule has 0 aromatic heterocycles. The van der Waals surface area contributed by atoms with E-state index in [4.69, 9.17) is 4.74 Å². The maximum absolute atomic E-state index is 5.70. The summed E-state index contributed by atoms with van der Waals surface area (Å²) in [7, 11) is 1.79. The van der Waals surface area contributed by atoms with Crippen LogP contribution in [0.1, 0.15) is 36.1 Å². The summed E-state index contributed by atoms with van der Waals surface area (Å²) in [5, 5.41) is 4.41. The van der Waals surface area contributed by atoms with Crippen LogP contribution < -0.4 is 10.1 Å². The van der Waals surface area contributed by atoms with Crippen LogP contribution in [0, 0.1) is 13.8 Å².